The van der Waals surface area contributed by atoms with E-state index in [-0.39, 0.29) is 16.3 Å². The second-order valence-electron chi connectivity index (χ2n) is 12.4. The van der Waals surface area contributed by atoms with Crippen molar-refractivity contribution in [3.05, 3.63) is 23.0 Å². The molecule has 0 unspecified atom stereocenters. The predicted molar refractivity (Wildman–Crippen MR) is 124 cm³/mol. The van der Waals surface area contributed by atoms with Crippen LogP contribution >= 0.6 is 0 Å². The molecule has 4 aliphatic rings. The van der Waals surface area contributed by atoms with Crippen molar-refractivity contribution < 1.29 is 13.9 Å². The molecule has 4 aliphatic carbocycles. The number of hydrogen-bond acceptors (Lipinski definition) is 2. The van der Waals surface area contributed by atoms with E-state index < -0.39 is 14.9 Å². The first kappa shape index (κ1) is 22.7. The lowest BCUT2D eigenvalue weighted by molar-refractivity contribution is 0.0144. The molecule has 4 rings (SSSR count). The van der Waals surface area contributed by atoms with Crippen LogP contribution in [0.5, 0.6) is 0 Å². The number of aliphatic hydroxyl groups is 1. The summed E-state index contributed by atoms with van der Waals surface area (Å²) >= 11 is 0. The van der Waals surface area contributed by atoms with Gasteiger partial charge in [-0.2, -0.15) is 0 Å². The van der Waals surface area contributed by atoms with Gasteiger partial charge in [-0.05, 0) is 104 Å². The molecule has 4 heteroatoms. The molecule has 0 spiro atoms. The van der Waals surface area contributed by atoms with Gasteiger partial charge in [-0.15, -0.1) is 0 Å². The number of hydrogen-bond donors (Lipinski definition) is 1. The van der Waals surface area contributed by atoms with E-state index >= 15 is 0 Å². The molecule has 0 aromatic carbocycles. The molecule has 0 aromatic heterocycles. The van der Waals surface area contributed by atoms with Gasteiger partial charge < -0.3 is 9.53 Å². The van der Waals surface area contributed by atoms with Crippen LogP contribution in [0.1, 0.15) is 79.1 Å². The molecule has 0 bridgehead atoms. The molecule has 0 radical (unpaired) electrons. The van der Waals surface area contributed by atoms with Gasteiger partial charge in [-0.1, -0.05) is 39.3 Å². The Hall–Kier alpha value is -0.453. The third-order valence-corrected chi connectivity index (χ3v) is 14.5. The minimum absolute atomic E-state index is 0.0258. The van der Waals surface area contributed by atoms with E-state index in [1.807, 2.05) is 0 Å². The van der Waals surface area contributed by atoms with Crippen molar-refractivity contribution in [2.24, 2.45) is 29.1 Å². The van der Waals surface area contributed by atoms with E-state index in [2.05, 4.69) is 46.9 Å². The zero-order chi connectivity index (χ0) is 21.9. The minimum atomic E-state index is -1.72. The second-order valence-corrected chi connectivity index (χ2v) is 17.1. The van der Waals surface area contributed by atoms with Crippen molar-refractivity contribution in [2.75, 3.05) is 6.61 Å². The van der Waals surface area contributed by atoms with Crippen LogP contribution in [0.4, 0.5) is 4.39 Å². The summed E-state index contributed by atoms with van der Waals surface area (Å²) in [6, 6.07) is 0. The lowest BCUT2D eigenvalue weighted by Crippen LogP contribution is -2.47. The quantitative estimate of drug-likeness (QED) is 0.377. The average molecular weight is 435 g/mol. The summed E-state index contributed by atoms with van der Waals surface area (Å²) in [6.45, 7) is 13.6. The van der Waals surface area contributed by atoms with Gasteiger partial charge in [-0.25, -0.2) is 4.39 Å². The molecule has 6 atom stereocenters. The molecule has 0 saturated heterocycles. The summed E-state index contributed by atoms with van der Waals surface area (Å²) in [7, 11) is -1.72. The van der Waals surface area contributed by atoms with Crippen LogP contribution in [0.2, 0.25) is 18.1 Å². The van der Waals surface area contributed by atoms with Gasteiger partial charge in [0.2, 0.25) is 0 Å². The average Bonchev–Trinajstić information content (AvgIpc) is 3.03. The Morgan fingerprint density at radius 3 is 2.60 bits per heavy atom. The molecular weight excluding hydrogens is 391 g/mol. The molecule has 2 nitrogen and oxygen atoms in total. The van der Waals surface area contributed by atoms with Gasteiger partial charge in [0.1, 0.15) is 5.83 Å². The summed E-state index contributed by atoms with van der Waals surface area (Å²) in [6.07, 6.45) is 12.0. The Bertz CT molecular complexity index is 734. The third-order valence-electron chi connectivity index (χ3n) is 9.92. The van der Waals surface area contributed by atoms with Crippen LogP contribution in [0.3, 0.4) is 0 Å². The lowest BCUT2D eigenvalue weighted by atomic mass is 9.52. The minimum Gasteiger partial charge on any atom is -0.414 e. The van der Waals surface area contributed by atoms with Gasteiger partial charge in [-0.3, -0.25) is 0 Å². The summed E-state index contributed by atoms with van der Waals surface area (Å²) in [5, 5.41) is 9.66. The van der Waals surface area contributed by atoms with Gasteiger partial charge >= 0.3 is 0 Å². The summed E-state index contributed by atoms with van der Waals surface area (Å²) in [5.41, 5.74) is 2.59. The molecule has 0 heterocycles. The number of aliphatic hydroxyl groups excluding tert-OH is 1. The van der Waals surface area contributed by atoms with Gasteiger partial charge in [0.25, 0.3) is 0 Å². The van der Waals surface area contributed by atoms with Gasteiger partial charge in [0, 0.05) is 6.10 Å². The smallest absolute Gasteiger partial charge is 0.192 e. The number of halogens is 1. The van der Waals surface area contributed by atoms with Crippen molar-refractivity contribution in [1.29, 1.82) is 0 Å². The molecule has 170 valence electrons. The van der Waals surface area contributed by atoms with E-state index in [1.54, 1.807) is 5.57 Å². The van der Waals surface area contributed by atoms with Crippen molar-refractivity contribution in [2.45, 2.75) is 103 Å². The molecule has 3 saturated carbocycles. The monoisotopic (exact) mass is 434 g/mol. The molecule has 0 aromatic rings. The fourth-order valence-electron chi connectivity index (χ4n) is 7.28. The lowest BCUT2D eigenvalue weighted by Gasteiger charge is -2.53. The van der Waals surface area contributed by atoms with Crippen LogP contribution in [0, 0.1) is 29.1 Å². The maximum atomic E-state index is 14.4. The van der Waals surface area contributed by atoms with Crippen molar-refractivity contribution >= 4 is 8.32 Å². The highest BCUT2D eigenvalue weighted by atomic mass is 28.4. The molecule has 3 fully saturated rings. The number of allylic oxidation sites excluding steroid dienone is 2. The van der Waals surface area contributed by atoms with Crippen LogP contribution in [0.25, 0.3) is 0 Å². The zero-order valence-corrected chi connectivity index (χ0v) is 21.1. The first-order valence-corrected chi connectivity index (χ1v) is 15.2. The standard InChI is InChI=1S/C26H43FO2Si/c1-25(2,3)30(5,6)29-18-8-10-19-17(15-18)7-9-21-20(19)13-14-26(4)22(21)11-12-23(26)24(27)16-28/h7,18-22,28H,8-16H2,1-6H3/t18-,19-,20+,21+,22-,26-/m0/s1. The normalized spacial score (nSPS) is 40.9. The van der Waals surface area contributed by atoms with Crippen molar-refractivity contribution in [1.82, 2.24) is 0 Å². The highest BCUT2D eigenvalue weighted by Crippen LogP contribution is 2.63. The summed E-state index contributed by atoms with van der Waals surface area (Å²) < 4.78 is 21.2. The molecule has 30 heavy (non-hydrogen) atoms. The predicted octanol–water partition coefficient (Wildman–Crippen LogP) is 7.17. The van der Waals surface area contributed by atoms with E-state index in [0.717, 1.165) is 49.5 Å². The second kappa shape index (κ2) is 7.85. The highest BCUT2D eigenvalue weighted by Gasteiger charge is 2.55. The van der Waals surface area contributed by atoms with E-state index in [1.165, 1.54) is 19.3 Å². The topological polar surface area (TPSA) is 29.5 Å². The van der Waals surface area contributed by atoms with E-state index in [0.29, 0.717) is 17.9 Å². The van der Waals surface area contributed by atoms with E-state index in [4.69, 9.17) is 4.43 Å². The third kappa shape index (κ3) is 3.69. The largest absolute Gasteiger partial charge is 0.414 e. The van der Waals surface area contributed by atoms with Crippen LogP contribution in [-0.4, -0.2) is 26.1 Å². The first-order valence-electron chi connectivity index (χ1n) is 12.3. The van der Waals surface area contributed by atoms with Gasteiger partial charge in [0.05, 0.1) is 6.61 Å². The maximum Gasteiger partial charge on any atom is 0.192 e. The molecule has 1 N–H and O–H groups in total. The molecular formula is C26H43FO2Si. The Kier molecular flexibility index (Phi) is 5.94. The van der Waals surface area contributed by atoms with E-state index in [9.17, 15) is 9.50 Å². The zero-order valence-electron chi connectivity index (χ0n) is 20.1. The Morgan fingerprint density at radius 2 is 1.93 bits per heavy atom. The summed E-state index contributed by atoms with van der Waals surface area (Å²) in [4.78, 5) is 0. The first-order chi connectivity index (χ1) is 14.0. The Morgan fingerprint density at radius 1 is 1.20 bits per heavy atom. The van der Waals surface area contributed by atoms with Crippen LogP contribution in [-0.2, 0) is 4.43 Å². The fourth-order valence-corrected chi connectivity index (χ4v) is 8.67. The fraction of sp³-hybridized carbons (Fsp3) is 0.846. The Labute approximate surface area is 184 Å². The molecule has 0 amide bonds. The SMILES string of the molecule is CC(C)(C)[Si](C)(C)O[C@H]1CC[C@H]2C(=CC[C@@H]3[C@@H]2CC[C@]2(C)C(=C(F)CO)CC[C@@H]32)C1. The van der Waals surface area contributed by atoms with Crippen LogP contribution < -0.4 is 0 Å². The van der Waals surface area contributed by atoms with Crippen molar-refractivity contribution in [3.63, 3.8) is 0 Å². The number of fused-ring (bicyclic) bond motifs is 5. The van der Waals surface area contributed by atoms with Crippen LogP contribution in [0.15, 0.2) is 23.0 Å². The Balaban J connectivity index is 1.49. The summed E-state index contributed by atoms with van der Waals surface area (Å²) in [5.74, 6) is 2.53. The highest BCUT2D eigenvalue weighted by molar-refractivity contribution is 6.74. The van der Waals surface area contributed by atoms with Gasteiger partial charge in [0.15, 0.2) is 8.32 Å². The molecule has 0 aliphatic heterocycles. The maximum absolute atomic E-state index is 14.4. The number of rotatable bonds is 3. The van der Waals surface area contributed by atoms with Crippen molar-refractivity contribution in [3.8, 4) is 0 Å².